The van der Waals surface area contributed by atoms with E-state index in [2.05, 4.69) is 0 Å². The number of hydrogen-bond donors (Lipinski definition) is 0. The summed E-state index contributed by atoms with van der Waals surface area (Å²) in [5.74, 6) is -0.0143. The van der Waals surface area contributed by atoms with Crippen molar-refractivity contribution in [3.05, 3.63) is 30.1 Å². The molecule has 1 aromatic rings. The van der Waals surface area contributed by atoms with Crippen LogP contribution in [0.3, 0.4) is 0 Å². The van der Waals surface area contributed by atoms with Crippen LogP contribution in [0.5, 0.6) is 0 Å². The zero-order valence-electron chi connectivity index (χ0n) is 8.94. The number of thiocarbonyl (C=S) groups is 1. The van der Waals surface area contributed by atoms with E-state index < -0.39 is 0 Å². The van der Waals surface area contributed by atoms with Crippen molar-refractivity contribution in [2.24, 2.45) is 5.92 Å². The molecule has 0 aliphatic carbocycles. The molecule has 2 nitrogen and oxygen atoms in total. The molecule has 4 heteroatoms. The number of carbonyl (C=O) groups is 1. The Kier molecular flexibility index (Phi) is 3.01. The molecule has 1 atom stereocenters. The first-order valence-corrected chi connectivity index (χ1v) is 5.60. The second-order valence-electron chi connectivity index (χ2n) is 4.11. The second-order valence-corrected chi connectivity index (χ2v) is 4.58. The van der Waals surface area contributed by atoms with E-state index in [0.717, 1.165) is 6.42 Å². The Bertz CT molecular complexity index is 411. The number of piperidine rings is 1. The summed E-state index contributed by atoms with van der Waals surface area (Å²) in [5.41, 5.74) is 0.656. The van der Waals surface area contributed by atoms with Crippen LogP contribution in [-0.2, 0) is 4.79 Å². The van der Waals surface area contributed by atoms with E-state index in [9.17, 15) is 9.18 Å². The quantitative estimate of drug-likeness (QED) is 0.700. The molecule has 1 heterocycles. The van der Waals surface area contributed by atoms with Gasteiger partial charge in [0.05, 0.1) is 4.99 Å². The maximum atomic E-state index is 12.8. The number of rotatable bonds is 1. The predicted octanol–water partition coefficient (Wildman–Crippen LogP) is 2.92. The molecule has 84 valence electrons. The van der Waals surface area contributed by atoms with Crippen LogP contribution in [0.2, 0.25) is 0 Å². The number of benzene rings is 1. The first-order chi connectivity index (χ1) is 7.58. The third-order valence-electron chi connectivity index (χ3n) is 2.63. The fourth-order valence-corrected chi connectivity index (χ4v) is 2.36. The van der Waals surface area contributed by atoms with E-state index >= 15 is 0 Å². The van der Waals surface area contributed by atoms with Crippen LogP contribution in [0.1, 0.15) is 19.8 Å². The molecular weight excluding hydrogens is 225 g/mol. The molecule has 16 heavy (non-hydrogen) atoms. The van der Waals surface area contributed by atoms with E-state index in [0.29, 0.717) is 23.0 Å². The Labute approximate surface area is 99.1 Å². The molecule has 1 aliphatic rings. The Morgan fingerprint density at radius 3 is 2.50 bits per heavy atom. The summed E-state index contributed by atoms with van der Waals surface area (Å²) in [7, 11) is 0. The average Bonchev–Trinajstić information content (AvgIpc) is 2.19. The predicted molar refractivity (Wildman–Crippen MR) is 64.9 cm³/mol. The van der Waals surface area contributed by atoms with Gasteiger partial charge in [0.15, 0.2) is 0 Å². The molecule has 0 radical (unpaired) electrons. The normalized spacial score (nSPS) is 21.4. The molecule has 1 aliphatic heterocycles. The van der Waals surface area contributed by atoms with Crippen LogP contribution in [-0.4, -0.2) is 10.9 Å². The van der Waals surface area contributed by atoms with Gasteiger partial charge < -0.3 is 0 Å². The number of hydrogen-bond acceptors (Lipinski definition) is 2. The minimum atomic E-state index is -0.313. The fraction of sp³-hybridized carbons (Fsp3) is 0.333. The highest BCUT2D eigenvalue weighted by atomic mass is 32.1. The average molecular weight is 237 g/mol. The van der Waals surface area contributed by atoms with Gasteiger partial charge in [-0.1, -0.05) is 19.1 Å². The summed E-state index contributed by atoms with van der Waals surface area (Å²) in [4.78, 5) is 14.0. The van der Waals surface area contributed by atoms with Crippen LogP contribution >= 0.6 is 12.2 Å². The Balaban J connectivity index is 2.29. The number of nitrogens with zero attached hydrogens (tertiary/aromatic N) is 1. The zero-order chi connectivity index (χ0) is 11.7. The molecule has 2 rings (SSSR count). The summed E-state index contributed by atoms with van der Waals surface area (Å²) < 4.78 is 12.8. The van der Waals surface area contributed by atoms with Crippen molar-refractivity contribution in [3.8, 4) is 0 Å². The summed E-state index contributed by atoms with van der Waals surface area (Å²) in [6, 6.07) is 5.83. The second kappa shape index (κ2) is 4.29. The van der Waals surface area contributed by atoms with Crippen LogP contribution in [0.15, 0.2) is 24.3 Å². The molecule has 1 aromatic carbocycles. The van der Waals surface area contributed by atoms with Gasteiger partial charge in [0.25, 0.3) is 0 Å². The number of anilines is 1. The molecule has 1 fully saturated rings. The molecule has 1 amide bonds. The maximum Gasteiger partial charge on any atom is 0.232 e. The zero-order valence-corrected chi connectivity index (χ0v) is 9.76. The molecule has 0 aromatic heterocycles. The van der Waals surface area contributed by atoms with Gasteiger partial charge in [-0.15, -0.1) is 0 Å². The summed E-state index contributed by atoms with van der Waals surface area (Å²) in [5, 5.41) is 0. The van der Waals surface area contributed by atoms with Crippen molar-refractivity contribution in [1.82, 2.24) is 0 Å². The molecule has 1 saturated heterocycles. The Morgan fingerprint density at radius 2 is 1.94 bits per heavy atom. The Hall–Kier alpha value is -1.29. The highest BCUT2D eigenvalue weighted by molar-refractivity contribution is 7.80. The molecule has 0 N–H and O–H groups in total. The van der Waals surface area contributed by atoms with Gasteiger partial charge in [0.1, 0.15) is 5.82 Å². The standard InChI is InChI=1S/C12H12FNOS/c1-8-6-11(15)14(12(16)7-8)10-4-2-9(13)3-5-10/h2-5,8H,6-7H2,1H3. The van der Waals surface area contributed by atoms with E-state index in [-0.39, 0.29) is 11.7 Å². The van der Waals surface area contributed by atoms with E-state index in [1.165, 1.54) is 17.0 Å². The van der Waals surface area contributed by atoms with Crippen molar-refractivity contribution in [3.63, 3.8) is 0 Å². The lowest BCUT2D eigenvalue weighted by Gasteiger charge is -2.30. The highest BCUT2D eigenvalue weighted by Crippen LogP contribution is 2.26. The maximum absolute atomic E-state index is 12.8. The first-order valence-electron chi connectivity index (χ1n) is 5.19. The lowest BCUT2D eigenvalue weighted by Crippen LogP contribution is -2.41. The first kappa shape index (κ1) is 11.2. The third-order valence-corrected chi connectivity index (χ3v) is 2.98. The van der Waals surface area contributed by atoms with Crippen molar-refractivity contribution in [2.45, 2.75) is 19.8 Å². The molecule has 0 bridgehead atoms. The van der Waals surface area contributed by atoms with Gasteiger partial charge in [-0.05, 0) is 30.2 Å². The lowest BCUT2D eigenvalue weighted by molar-refractivity contribution is -0.118. The fourth-order valence-electron chi connectivity index (χ4n) is 1.87. The number of amides is 1. The summed E-state index contributed by atoms with van der Waals surface area (Å²) in [6.45, 7) is 2.01. The lowest BCUT2D eigenvalue weighted by atomic mass is 9.98. The smallest absolute Gasteiger partial charge is 0.232 e. The van der Waals surface area contributed by atoms with E-state index in [1.54, 1.807) is 12.1 Å². The van der Waals surface area contributed by atoms with Gasteiger partial charge in [-0.3, -0.25) is 9.69 Å². The van der Waals surface area contributed by atoms with Gasteiger partial charge in [0, 0.05) is 18.5 Å². The van der Waals surface area contributed by atoms with Crippen molar-refractivity contribution < 1.29 is 9.18 Å². The van der Waals surface area contributed by atoms with Crippen molar-refractivity contribution in [2.75, 3.05) is 4.90 Å². The Morgan fingerprint density at radius 1 is 1.31 bits per heavy atom. The largest absolute Gasteiger partial charge is 0.275 e. The van der Waals surface area contributed by atoms with E-state index in [4.69, 9.17) is 12.2 Å². The van der Waals surface area contributed by atoms with Crippen LogP contribution in [0.4, 0.5) is 10.1 Å². The van der Waals surface area contributed by atoms with Gasteiger partial charge >= 0.3 is 0 Å². The number of halogens is 1. The summed E-state index contributed by atoms with van der Waals surface area (Å²) in [6.07, 6.45) is 1.23. The molecule has 0 spiro atoms. The summed E-state index contributed by atoms with van der Waals surface area (Å²) >= 11 is 5.21. The van der Waals surface area contributed by atoms with E-state index in [1.807, 2.05) is 6.92 Å². The molecule has 1 unspecified atom stereocenters. The monoisotopic (exact) mass is 237 g/mol. The third kappa shape index (κ3) is 2.11. The van der Waals surface area contributed by atoms with Crippen LogP contribution in [0.25, 0.3) is 0 Å². The highest BCUT2D eigenvalue weighted by Gasteiger charge is 2.28. The van der Waals surface area contributed by atoms with Crippen molar-refractivity contribution in [1.29, 1.82) is 0 Å². The molecule has 0 saturated carbocycles. The van der Waals surface area contributed by atoms with Gasteiger partial charge in [-0.2, -0.15) is 0 Å². The molecular formula is C12H12FNOS. The SMILES string of the molecule is CC1CC(=O)N(c2ccc(F)cc2)C(=S)C1. The topological polar surface area (TPSA) is 20.3 Å². The van der Waals surface area contributed by atoms with Crippen LogP contribution < -0.4 is 4.90 Å². The van der Waals surface area contributed by atoms with Gasteiger partial charge in [-0.25, -0.2) is 4.39 Å². The van der Waals surface area contributed by atoms with Crippen LogP contribution in [0, 0.1) is 11.7 Å². The van der Waals surface area contributed by atoms with Crippen molar-refractivity contribution >= 4 is 28.8 Å². The minimum Gasteiger partial charge on any atom is -0.275 e. The number of carbonyl (C=O) groups excluding carboxylic acids is 1. The minimum absolute atomic E-state index is 0.00430. The van der Waals surface area contributed by atoms with Gasteiger partial charge in [0.2, 0.25) is 5.91 Å².